The Morgan fingerprint density at radius 2 is 1.86 bits per heavy atom. The van der Waals surface area contributed by atoms with Crippen molar-refractivity contribution in [3.8, 4) is 5.75 Å². The molecule has 0 aliphatic carbocycles. The number of phenols is 1. The highest BCUT2D eigenvalue weighted by atomic mass is 35.5. The van der Waals surface area contributed by atoms with Crippen molar-refractivity contribution in [2.75, 3.05) is 39.9 Å². The largest absolute Gasteiger partial charge is 0.506 e. The predicted molar refractivity (Wildman–Crippen MR) is 113 cm³/mol. The fourth-order valence-corrected chi connectivity index (χ4v) is 4.02. The molecule has 1 aliphatic rings. The van der Waals surface area contributed by atoms with Gasteiger partial charge in [0.1, 0.15) is 5.75 Å². The Hall–Kier alpha value is -1.66. The third-order valence-corrected chi connectivity index (χ3v) is 5.71. The Bertz CT molecular complexity index is 721. The van der Waals surface area contributed by atoms with Gasteiger partial charge in [-0.3, -0.25) is 9.88 Å². The average molecular weight is 404 g/mol. The first kappa shape index (κ1) is 21.1. The van der Waals surface area contributed by atoms with Crippen LogP contribution in [0.4, 0.5) is 0 Å². The van der Waals surface area contributed by atoms with Gasteiger partial charge in [-0.2, -0.15) is 0 Å². The lowest BCUT2D eigenvalue weighted by molar-refractivity contribution is 0.104. The van der Waals surface area contributed by atoms with Crippen LogP contribution in [0.2, 0.25) is 5.02 Å². The normalized spacial score (nSPS) is 16.0. The molecule has 6 heteroatoms. The van der Waals surface area contributed by atoms with E-state index in [1.54, 1.807) is 13.2 Å². The van der Waals surface area contributed by atoms with E-state index in [-0.39, 0.29) is 5.75 Å². The molecule has 1 N–H and O–H groups in total. The van der Waals surface area contributed by atoms with Crippen LogP contribution in [0.15, 0.2) is 42.7 Å². The maximum Gasteiger partial charge on any atom is 0.134 e. The maximum atomic E-state index is 9.69. The first-order valence-electron chi connectivity index (χ1n) is 9.94. The Balaban J connectivity index is 1.62. The number of halogens is 1. The second-order valence-corrected chi connectivity index (χ2v) is 8.00. The average Bonchev–Trinajstić information content (AvgIpc) is 2.71. The van der Waals surface area contributed by atoms with Crippen LogP contribution in [0.25, 0.3) is 0 Å². The minimum absolute atomic E-state index is 0.134. The third-order valence-electron chi connectivity index (χ3n) is 5.41. The molecule has 0 saturated carbocycles. The number of benzene rings is 1. The van der Waals surface area contributed by atoms with Gasteiger partial charge in [-0.25, -0.2) is 0 Å². The number of aromatic nitrogens is 1. The first-order chi connectivity index (χ1) is 13.6. The molecule has 0 unspecified atom stereocenters. The van der Waals surface area contributed by atoms with Crippen LogP contribution in [0.5, 0.6) is 5.75 Å². The predicted octanol–water partition coefficient (Wildman–Crippen LogP) is 3.80. The minimum atomic E-state index is 0.134. The molecule has 1 fully saturated rings. The molecular weight excluding hydrogens is 374 g/mol. The van der Waals surface area contributed by atoms with Crippen LogP contribution in [0.3, 0.4) is 0 Å². The molecule has 0 atom stereocenters. The van der Waals surface area contributed by atoms with Crippen molar-refractivity contribution in [1.29, 1.82) is 0 Å². The standard InChI is InChI=1S/C22H30ClN3O2/c1-28-13-12-25-10-6-19(7-11-25)16-26(15-18-4-8-24-9-5-18)17-20-2-3-22(27)21(23)14-20/h2-5,8-9,14,19,27H,6-7,10-13,15-17H2,1H3. The molecule has 0 amide bonds. The number of likely N-dealkylation sites (tertiary alicyclic amines) is 1. The summed E-state index contributed by atoms with van der Waals surface area (Å²) in [5.41, 5.74) is 2.38. The topological polar surface area (TPSA) is 48.8 Å². The number of rotatable bonds is 9. The summed E-state index contributed by atoms with van der Waals surface area (Å²) in [6.45, 7) is 6.86. The molecule has 1 aliphatic heterocycles. The lowest BCUT2D eigenvalue weighted by Gasteiger charge is -2.35. The van der Waals surface area contributed by atoms with Crippen molar-refractivity contribution >= 4 is 11.6 Å². The second-order valence-electron chi connectivity index (χ2n) is 7.59. The SMILES string of the molecule is COCCN1CCC(CN(Cc2ccncc2)Cc2ccc(O)c(Cl)c2)CC1. The van der Waals surface area contributed by atoms with E-state index < -0.39 is 0 Å². The highest BCUT2D eigenvalue weighted by Crippen LogP contribution is 2.26. The second kappa shape index (κ2) is 10.8. The van der Waals surface area contributed by atoms with E-state index in [1.165, 1.54) is 18.4 Å². The van der Waals surface area contributed by atoms with Gasteiger partial charge >= 0.3 is 0 Å². The van der Waals surface area contributed by atoms with Gasteiger partial charge in [0, 0.05) is 45.7 Å². The summed E-state index contributed by atoms with van der Waals surface area (Å²) >= 11 is 6.11. The molecule has 0 bridgehead atoms. The number of aromatic hydroxyl groups is 1. The number of phenolic OH excluding ortho intramolecular Hbond substituents is 1. The number of methoxy groups -OCH3 is 1. The maximum absolute atomic E-state index is 9.69. The van der Waals surface area contributed by atoms with Gasteiger partial charge in [0.05, 0.1) is 11.6 Å². The number of pyridine rings is 1. The Morgan fingerprint density at radius 3 is 2.54 bits per heavy atom. The molecule has 1 aromatic carbocycles. The van der Waals surface area contributed by atoms with E-state index in [0.717, 1.165) is 51.4 Å². The number of nitrogens with zero attached hydrogens (tertiary/aromatic N) is 3. The Morgan fingerprint density at radius 1 is 1.14 bits per heavy atom. The number of ether oxygens (including phenoxy) is 1. The van der Waals surface area contributed by atoms with Crippen molar-refractivity contribution in [3.05, 3.63) is 58.9 Å². The van der Waals surface area contributed by atoms with Crippen molar-refractivity contribution in [1.82, 2.24) is 14.8 Å². The van der Waals surface area contributed by atoms with Gasteiger partial charge in [-0.1, -0.05) is 17.7 Å². The van der Waals surface area contributed by atoms with Gasteiger partial charge in [0.15, 0.2) is 0 Å². The summed E-state index contributed by atoms with van der Waals surface area (Å²) in [4.78, 5) is 9.10. The van der Waals surface area contributed by atoms with Gasteiger partial charge in [0.2, 0.25) is 0 Å². The molecule has 5 nitrogen and oxygen atoms in total. The van der Waals surface area contributed by atoms with Gasteiger partial charge in [0.25, 0.3) is 0 Å². The fourth-order valence-electron chi connectivity index (χ4n) is 3.82. The lowest BCUT2D eigenvalue weighted by atomic mass is 9.95. The highest BCUT2D eigenvalue weighted by molar-refractivity contribution is 6.32. The molecule has 3 rings (SSSR count). The van der Waals surface area contributed by atoms with E-state index in [2.05, 4.69) is 26.9 Å². The van der Waals surface area contributed by atoms with Crippen LogP contribution in [-0.4, -0.2) is 59.8 Å². The van der Waals surface area contributed by atoms with E-state index in [1.807, 2.05) is 24.5 Å². The van der Waals surface area contributed by atoms with Crippen LogP contribution in [-0.2, 0) is 17.8 Å². The first-order valence-corrected chi connectivity index (χ1v) is 10.3. The molecule has 1 aromatic heterocycles. The molecule has 1 saturated heterocycles. The Kier molecular flexibility index (Phi) is 8.10. The Labute approximate surface area is 172 Å². The summed E-state index contributed by atoms with van der Waals surface area (Å²) < 4.78 is 5.20. The van der Waals surface area contributed by atoms with E-state index in [4.69, 9.17) is 16.3 Å². The highest BCUT2D eigenvalue weighted by Gasteiger charge is 2.21. The van der Waals surface area contributed by atoms with Crippen LogP contribution >= 0.6 is 11.6 Å². The van der Waals surface area contributed by atoms with E-state index in [9.17, 15) is 5.11 Å². The fraction of sp³-hybridized carbons (Fsp3) is 0.500. The zero-order valence-electron chi connectivity index (χ0n) is 16.6. The number of hydrogen-bond acceptors (Lipinski definition) is 5. The van der Waals surface area contributed by atoms with E-state index >= 15 is 0 Å². The van der Waals surface area contributed by atoms with Crippen molar-refractivity contribution < 1.29 is 9.84 Å². The van der Waals surface area contributed by atoms with Gasteiger partial charge in [-0.05, 0) is 67.2 Å². The van der Waals surface area contributed by atoms with Gasteiger partial charge in [-0.15, -0.1) is 0 Å². The van der Waals surface area contributed by atoms with Crippen molar-refractivity contribution in [2.24, 2.45) is 5.92 Å². The number of hydrogen-bond donors (Lipinski definition) is 1. The van der Waals surface area contributed by atoms with Gasteiger partial charge < -0.3 is 14.7 Å². The smallest absolute Gasteiger partial charge is 0.134 e. The van der Waals surface area contributed by atoms with Crippen molar-refractivity contribution in [3.63, 3.8) is 0 Å². The zero-order chi connectivity index (χ0) is 19.8. The summed E-state index contributed by atoms with van der Waals surface area (Å²) in [7, 11) is 1.76. The number of piperidine rings is 1. The van der Waals surface area contributed by atoms with Crippen LogP contribution in [0, 0.1) is 5.92 Å². The van der Waals surface area contributed by atoms with Crippen LogP contribution in [0.1, 0.15) is 24.0 Å². The molecule has 0 spiro atoms. The molecule has 28 heavy (non-hydrogen) atoms. The summed E-state index contributed by atoms with van der Waals surface area (Å²) in [5.74, 6) is 0.822. The monoisotopic (exact) mass is 403 g/mol. The lowest BCUT2D eigenvalue weighted by Crippen LogP contribution is -2.39. The zero-order valence-corrected chi connectivity index (χ0v) is 17.3. The molecule has 2 heterocycles. The molecule has 2 aromatic rings. The van der Waals surface area contributed by atoms with E-state index in [0.29, 0.717) is 10.9 Å². The third kappa shape index (κ3) is 6.45. The molecule has 0 radical (unpaired) electrons. The molecular formula is C22H30ClN3O2. The van der Waals surface area contributed by atoms with Crippen molar-refractivity contribution in [2.45, 2.75) is 25.9 Å². The quantitative estimate of drug-likeness (QED) is 0.690. The molecule has 152 valence electrons. The minimum Gasteiger partial charge on any atom is -0.506 e. The summed E-state index contributed by atoms with van der Waals surface area (Å²) in [6, 6.07) is 9.64. The van der Waals surface area contributed by atoms with Crippen LogP contribution < -0.4 is 0 Å². The summed E-state index contributed by atoms with van der Waals surface area (Å²) in [5, 5.41) is 10.1. The summed E-state index contributed by atoms with van der Waals surface area (Å²) in [6.07, 6.45) is 6.12.